The van der Waals surface area contributed by atoms with Crippen molar-refractivity contribution in [3.8, 4) is 11.6 Å². The SMILES string of the molecule is COc1ccc2c(n1)C1(CO2)c2cccnc2N(Cc2ccc(C(F)(F)F)o2)S1(=O)=O. The number of nitrogens with zero attached hydrogens (tertiary/aromatic N) is 3. The largest absolute Gasteiger partial charge is 0.489 e. The molecule has 1 spiro atoms. The van der Waals surface area contributed by atoms with Crippen LogP contribution in [0.15, 0.2) is 47.0 Å². The van der Waals surface area contributed by atoms with Crippen LogP contribution in [0.4, 0.5) is 19.0 Å². The van der Waals surface area contributed by atoms with Crippen LogP contribution < -0.4 is 13.8 Å². The Labute approximate surface area is 174 Å². The van der Waals surface area contributed by atoms with Crippen LogP contribution in [0.25, 0.3) is 0 Å². The lowest BCUT2D eigenvalue weighted by atomic mass is 9.96. The number of alkyl halides is 3. The molecule has 1 unspecified atom stereocenters. The predicted octanol–water partition coefficient (Wildman–Crippen LogP) is 3.08. The van der Waals surface area contributed by atoms with Gasteiger partial charge in [0, 0.05) is 17.8 Å². The molecule has 5 heterocycles. The Morgan fingerprint density at radius 1 is 1.23 bits per heavy atom. The van der Waals surface area contributed by atoms with Crippen LogP contribution in [0.5, 0.6) is 11.6 Å². The van der Waals surface area contributed by atoms with E-state index in [-0.39, 0.29) is 35.5 Å². The first-order valence-corrected chi connectivity index (χ1v) is 10.4. The highest BCUT2D eigenvalue weighted by atomic mass is 32.2. The fraction of sp³-hybridized carbons (Fsp3) is 0.263. The van der Waals surface area contributed by atoms with Crippen LogP contribution >= 0.6 is 0 Å². The van der Waals surface area contributed by atoms with Crippen LogP contribution in [0, 0.1) is 0 Å². The molecule has 162 valence electrons. The molecule has 0 amide bonds. The topological polar surface area (TPSA) is 94.8 Å². The highest BCUT2D eigenvalue weighted by Crippen LogP contribution is 2.55. The average molecular weight is 453 g/mol. The number of aromatic nitrogens is 2. The third-order valence-electron chi connectivity index (χ3n) is 5.28. The molecule has 0 saturated carbocycles. The molecule has 31 heavy (non-hydrogen) atoms. The number of methoxy groups -OCH3 is 1. The molecule has 2 aliphatic heterocycles. The molecule has 3 aromatic rings. The van der Waals surface area contributed by atoms with Crippen molar-refractivity contribution in [1.29, 1.82) is 0 Å². The van der Waals surface area contributed by atoms with E-state index in [1.807, 2.05) is 0 Å². The van der Waals surface area contributed by atoms with Gasteiger partial charge < -0.3 is 13.9 Å². The molecule has 0 N–H and O–H groups in total. The van der Waals surface area contributed by atoms with Gasteiger partial charge in [0.15, 0.2) is 4.75 Å². The van der Waals surface area contributed by atoms with Gasteiger partial charge in [0.05, 0.1) is 13.7 Å². The maximum atomic E-state index is 13.8. The molecule has 0 aliphatic carbocycles. The number of sulfonamides is 1. The second kappa shape index (κ2) is 6.36. The van der Waals surface area contributed by atoms with E-state index >= 15 is 0 Å². The van der Waals surface area contributed by atoms with Crippen molar-refractivity contribution in [3.05, 3.63) is 65.4 Å². The van der Waals surface area contributed by atoms with E-state index in [4.69, 9.17) is 13.9 Å². The fourth-order valence-corrected chi connectivity index (χ4v) is 5.95. The van der Waals surface area contributed by atoms with Gasteiger partial charge in [-0.1, -0.05) is 6.07 Å². The summed E-state index contributed by atoms with van der Waals surface area (Å²) in [6.07, 6.45) is -3.28. The molecule has 0 bridgehead atoms. The molecule has 0 aromatic carbocycles. The summed E-state index contributed by atoms with van der Waals surface area (Å²) < 4.78 is 81.2. The molecule has 2 aliphatic rings. The third kappa shape index (κ3) is 2.63. The molecular formula is C19H14F3N3O5S. The number of ether oxygens (including phenoxy) is 2. The number of anilines is 1. The zero-order chi connectivity index (χ0) is 22.0. The van der Waals surface area contributed by atoms with E-state index in [9.17, 15) is 21.6 Å². The van der Waals surface area contributed by atoms with Gasteiger partial charge in [-0.25, -0.2) is 22.7 Å². The Morgan fingerprint density at radius 3 is 2.74 bits per heavy atom. The minimum absolute atomic E-state index is 0.0773. The van der Waals surface area contributed by atoms with Crippen molar-refractivity contribution >= 4 is 15.8 Å². The van der Waals surface area contributed by atoms with E-state index in [1.165, 1.54) is 13.3 Å². The van der Waals surface area contributed by atoms with Crippen LogP contribution in [-0.4, -0.2) is 32.1 Å². The van der Waals surface area contributed by atoms with Crippen molar-refractivity contribution in [3.63, 3.8) is 0 Å². The summed E-state index contributed by atoms with van der Waals surface area (Å²) in [6.45, 7) is -0.727. The van der Waals surface area contributed by atoms with E-state index in [0.717, 1.165) is 16.4 Å². The maximum absolute atomic E-state index is 13.8. The first-order chi connectivity index (χ1) is 14.7. The quantitative estimate of drug-likeness (QED) is 0.602. The minimum Gasteiger partial charge on any atom is -0.489 e. The number of hydrogen-bond acceptors (Lipinski definition) is 7. The average Bonchev–Trinajstić information content (AvgIpc) is 3.40. The Bertz CT molecular complexity index is 1290. The Hall–Kier alpha value is -3.28. The third-order valence-corrected chi connectivity index (χ3v) is 7.58. The van der Waals surface area contributed by atoms with E-state index in [1.54, 1.807) is 24.3 Å². The van der Waals surface area contributed by atoms with Crippen molar-refractivity contribution in [2.75, 3.05) is 18.0 Å². The van der Waals surface area contributed by atoms with Crippen LogP contribution in [0.1, 0.15) is 22.8 Å². The Morgan fingerprint density at radius 2 is 2.03 bits per heavy atom. The highest BCUT2D eigenvalue weighted by Gasteiger charge is 2.63. The number of pyridine rings is 2. The lowest BCUT2D eigenvalue weighted by Crippen LogP contribution is -2.42. The molecule has 0 saturated heterocycles. The van der Waals surface area contributed by atoms with Crippen LogP contribution in [0.3, 0.4) is 0 Å². The number of fused-ring (bicyclic) bond motifs is 4. The first kappa shape index (κ1) is 19.7. The molecule has 0 fully saturated rings. The van der Waals surface area contributed by atoms with Gasteiger partial charge in [0.25, 0.3) is 10.0 Å². The predicted molar refractivity (Wildman–Crippen MR) is 100 cm³/mol. The second-order valence-corrected chi connectivity index (χ2v) is 9.05. The van der Waals surface area contributed by atoms with Gasteiger partial charge in [-0.05, 0) is 24.3 Å². The summed E-state index contributed by atoms with van der Waals surface area (Å²) in [6, 6.07) is 8.12. The van der Waals surface area contributed by atoms with Gasteiger partial charge in [-0.15, -0.1) is 0 Å². The van der Waals surface area contributed by atoms with Crippen LogP contribution in [-0.2, 0) is 27.5 Å². The zero-order valence-corrected chi connectivity index (χ0v) is 16.7. The van der Waals surface area contributed by atoms with E-state index < -0.39 is 33.3 Å². The number of rotatable bonds is 3. The summed E-state index contributed by atoms with van der Waals surface area (Å²) in [5.74, 6) is -0.839. The molecule has 0 radical (unpaired) electrons. The first-order valence-electron chi connectivity index (χ1n) is 9.00. The number of furan rings is 1. The lowest BCUT2D eigenvalue weighted by molar-refractivity contribution is -0.153. The second-order valence-electron chi connectivity index (χ2n) is 6.97. The number of halogens is 3. The Balaban J connectivity index is 1.66. The monoisotopic (exact) mass is 453 g/mol. The van der Waals surface area contributed by atoms with Crippen LogP contribution in [0.2, 0.25) is 0 Å². The fourth-order valence-electron chi connectivity index (χ4n) is 3.87. The highest BCUT2D eigenvalue weighted by molar-refractivity contribution is 7.94. The van der Waals surface area contributed by atoms with Crippen molar-refractivity contribution in [2.45, 2.75) is 17.5 Å². The van der Waals surface area contributed by atoms with Gasteiger partial charge in [0.1, 0.15) is 29.6 Å². The molecule has 8 nitrogen and oxygen atoms in total. The number of hydrogen-bond donors (Lipinski definition) is 0. The minimum atomic E-state index is -4.68. The van der Waals surface area contributed by atoms with Gasteiger partial charge in [0.2, 0.25) is 11.6 Å². The van der Waals surface area contributed by atoms with Crippen molar-refractivity contribution < 1.29 is 35.5 Å². The molecule has 5 rings (SSSR count). The lowest BCUT2D eigenvalue weighted by Gasteiger charge is -2.23. The molecule has 12 heteroatoms. The van der Waals surface area contributed by atoms with Crippen molar-refractivity contribution in [1.82, 2.24) is 9.97 Å². The van der Waals surface area contributed by atoms with E-state index in [2.05, 4.69) is 9.97 Å². The summed E-state index contributed by atoms with van der Waals surface area (Å²) in [5.41, 5.74) is 0.455. The normalized spacial score (nSPS) is 21.1. The smallest absolute Gasteiger partial charge is 0.449 e. The summed E-state index contributed by atoms with van der Waals surface area (Å²) in [5, 5.41) is 0. The van der Waals surface area contributed by atoms with Crippen molar-refractivity contribution in [2.24, 2.45) is 0 Å². The standard InChI is InChI=1S/C19H14F3N3O5S/c1-28-15-7-5-13-16(24-15)18(10-29-13)12-3-2-8-23-17(12)25(31(18,26)27)9-11-4-6-14(30-11)19(20,21)22/h2-8H,9-10H2,1H3. The van der Waals surface area contributed by atoms with Gasteiger partial charge in [-0.3, -0.25) is 0 Å². The molecule has 3 aromatic heterocycles. The summed E-state index contributed by atoms with van der Waals surface area (Å²) >= 11 is 0. The molecular weight excluding hydrogens is 439 g/mol. The van der Waals surface area contributed by atoms with Gasteiger partial charge in [-0.2, -0.15) is 13.2 Å². The summed E-state index contributed by atoms with van der Waals surface area (Å²) in [7, 11) is -2.86. The van der Waals surface area contributed by atoms with Gasteiger partial charge >= 0.3 is 6.18 Å². The maximum Gasteiger partial charge on any atom is 0.449 e. The summed E-state index contributed by atoms with van der Waals surface area (Å²) in [4.78, 5) is 8.52. The van der Waals surface area contributed by atoms with E-state index in [0.29, 0.717) is 5.56 Å². The zero-order valence-electron chi connectivity index (χ0n) is 15.9. The Kier molecular flexibility index (Phi) is 4.04. The molecule has 1 atom stereocenters.